The van der Waals surface area contributed by atoms with E-state index in [2.05, 4.69) is 5.32 Å². The van der Waals surface area contributed by atoms with Gasteiger partial charge in [-0.3, -0.25) is 4.79 Å². The third-order valence-corrected chi connectivity index (χ3v) is 3.22. The van der Waals surface area contributed by atoms with Crippen molar-refractivity contribution in [2.24, 2.45) is 0 Å². The Labute approximate surface area is 141 Å². The van der Waals surface area contributed by atoms with Crippen molar-refractivity contribution in [1.82, 2.24) is 0 Å². The molecule has 25 heavy (non-hydrogen) atoms. The molecule has 0 atom stereocenters. The number of carbonyl (C=O) groups excluding carboxylic acids is 2. The third-order valence-electron chi connectivity index (χ3n) is 3.22. The van der Waals surface area contributed by atoms with E-state index in [1.165, 1.54) is 18.2 Å². The molecule has 5 nitrogen and oxygen atoms in total. The molecule has 0 bridgehead atoms. The number of alkyl halides is 3. The minimum atomic E-state index is -4.49. The van der Waals surface area contributed by atoms with Crippen LogP contribution in [-0.4, -0.2) is 23.6 Å². The molecule has 0 fully saturated rings. The number of phenols is 1. The molecular weight excluding hydrogens is 339 g/mol. The lowest BCUT2D eigenvalue weighted by Gasteiger charge is -2.10. The zero-order valence-corrected chi connectivity index (χ0v) is 13.1. The molecule has 8 heteroatoms. The summed E-state index contributed by atoms with van der Waals surface area (Å²) in [4.78, 5) is 23.8. The van der Waals surface area contributed by atoms with E-state index >= 15 is 0 Å². The number of nitrogens with one attached hydrogen (secondary N) is 1. The van der Waals surface area contributed by atoms with Gasteiger partial charge < -0.3 is 15.2 Å². The van der Waals surface area contributed by atoms with Gasteiger partial charge in [0, 0.05) is 11.3 Å². The van der Waals surface area contributed by atoms with Gasteiger partial charge in [-0.1, -0.05) is 0 Å². The van der Waals surface area contributed by atoms with E-state index in [1.807, 2.05) is 0 Å². The molecule has 0 aliphatic heterocycles. The number of benzene rings is 2. The van der Waals surface area contributed by atoms with Crippen molar-refractivity contribution in [3.05, 3.63) is 59.2 Å². The van der Waals surface area contributed by atoms with Crippen molar-refractivity contribution in [2.45, 2.75) is 13.1 Å². The lowest BCUT2D eigenvalue weighted by molar-refractivity contribution is -0.137. The van der Waals surface area contributed by atoms with Crippen LogP contribution in [-0.2, 0) is 10.9 Å². The van der Waals surface area contributed by atoms with E-state index in [0.717, 1.165) is 24.3 Å². The Balaban J connectivity index is 2.18. The van der Waals surface area contributed by atoms with E-state index in [0.29, 0.717) is 0 Å². The molecule has 1 amide bonds. The second-order valence-corrected chi connectivity index (χ2v) is 4.98. The number of anilines is 1. The van der Waals surface area contributed by atoms with Crippen molar-refractivity contribution in [3.8, 4) is 5.75 Å². The van der Waals surface area contributed by atoms with Crippen molar-refractivity contribution < 1.29 is 32.6 Å². The van der Waals surface area contributed by atoms with Crippen molar-refractivity contribution in [2.75, 3.05) is 11.9 Å². The molecule has 0 saturated carbocycles. The van der Waals surface area contributed by atoms with E-state index in [4.69, 9.17) is 4.74 Å². The predicted octanol–water partition coefficient (Wildman–Crippen LogP) is 3.84. The van der Waals surface area contributed by atoms with Crippen molar-refractivity contribution >= 4 is 17.6 Å². The number of aromatic hydroxyl groups is 1. The quantitative estimate of drug-likeness (QED) is 0.647. The molecule has 0 aliphatic carbocycles. The molecule has 132 valence electrons. The van der Waals surface area contributed by atoms with Crippen LogP contribution in [0.2, 0.25) is 0 Å². The van der Waals surface area contributed by atoms with Gasteiger partial charge in [0.2, 0.25) is 0 Å². The monoisotopic (exact) mass is 353 g/mol. The van der Waals surface area contributed by atoms with Gasteiger partial charge in [0.15, 0.2) is 0 Å². The molecule has 0 heterocycles. The summed E-state index contributed by atoms with van der Waals surface area (Å²) in [6.07, 6.45) is -4.49. The van der Waals surface area contributed by atoms with Gasteiger partial charge in [0.05, 0.1) is 12.2 Å². The standard InChI is InChI=1S/C17H14F3NO4/c1-2-25-16(24)13-9-12(7-8-14(13)22)21-15(23)10-3-5-11(6-4-10)17(18,19)20/h3-9,22H,2H2,1H3,(H,21,23). The number of amides is 1. The highest BCUT2D eigenvalue weighted by Gasteiger charge is 2.30. The molecule has 0 spiro atoms. The Morgan fingerprint density at radius 1 is 1.12 bits per heavy atom. The Hall–Kier alpha value is -3.03. The van der Waals surface area contributed by atoms with Crippen LogP contribution >= 0.6 is 0 Å². The van der Waals surface area contributed by atoms with E-state index in [9.17, 15) is 27.9 Å². The minimum Gasteiger partial charge on any atom is -0.507 e. The van der Waals surface area contributed by atoms with E-state index < -0.39 is 23.6 Å². The first kappa shape index (κ1) is 18.3. The highest BCUT2D eigenvalue weighted by molar-refractivity contribution is 6.05. The van der Waals surface area contributed by atoms with Gasteiger partial charge >= 0.3 is 12.1 Å². The Morgan fingerprint density at radius 3 is 2.32 bits per heavy atom. The van der Waals surface area contributed by atoms with Gasteiger partial charge in [-0.15, -0.1) is 0 Å². The predicted molar refractivity (Wildman–Crippen MR) is 83.5 cm³/mol. The van der Waals surface area contributed by atoms with Crippen LogP contribution in [0.3, 0.4) is 0 Å². The number of rotatable bonds is 4. The average Bonchev–Trinajstić information content (AvgIpc) is 2.56. The van der Waals surface area contributed by atoms with E-state index in [-0.39, 0.29) is 29.2 Å². The van der Waals surface area contributed by atoms with Crippen LogP contribution in [0, 0.1) is 0 Å². The summed E-state index contributed by atoms with van der Waals surface area (Å²) >= 11 is 0. The molecule has 0 unspecified atom stereocenters. The molecule has 0 aliphatic rings. The van der Waals surface area contributed by atoms with Crippen LogP contribution in [0.15, 0.2) is 42.5 Å². The van der Waals surface area contributed by atoms with Gasteiger partial charge in [0.25, 0.3) is 5.91 Å². The summed E-state index contributed by atoms with van der Waals surface area (Å²) in [6.45, 7) is 1.71. The molecule has 2 aromatic rings. The summed E-state index contributed by atoms with van der Waals surface area (Å²) in [5.41, 5.74) is -0.796. The molecule has 0 radical (unpaired) electrons. The second kappa shape index (κ2) is 7.25. The smallest absolute Gasteiger partial charge is 0.416 e. The SMILES string of the molecule is CCOC(=O)c1cc(NC(=O)c2ccc(C(F)(F)F)cc2)ccc1O. The first-order valence-corrected chi connectivity index (χ1v) is 7.21. The second-order valence-electron chi connectivity index (χ2n) is 4.98. The van der Waals surface area contributed by atoms with Crippen molar-refractivity contribution in [1.29, 1.82) is 0 Å². The Morgan fingerprint density at radius 2 is 1.76 bits per heavy atom. The van der Waals surface area contributed by atoms with Gasteiger partial charge in [0.1, 0.15) is 11.3 Å². The van der Waals surface area contributed by atoms with Crippen LogP contribution in [0.5, 0.6) is 5.75 Å². The maximum atomic E-state index is 12.5. The highest BCUT2D eigenvalue weighted by atomic mass is 19.4. The molecule has 2 rings (SSSR count). The molecule has 0 aromatic heterocycles. The highest BCUT2D eigenvalue weighted by Crippen LogP contribution is 2.29. The third kappa shape index (κ3) is 4.50. The number of carbonyl (C=O) groups is 2. The minimum absolute atomic E-state index is 0.0127. The number of phenolic OH excluding ortho intramolecular Hbond substituents is 1. The maximum absolute atomic E-state index is 12.5. The number of esters is 1. The number of halogens is 3. The van der Waals surface area contributed by atoms with Gasteiger partial charge in [-0.2, -0.15) is 13.2 Å². The Kier molecular flexibility index (Phi) is 5.31. The number of hydrogen-bond donors (Lipinski definition) is 2. The zero-order valence-electron chi connectivity index (χ0n) is 13.1. The van der Waals surface area contributed by atoms with Crippen LogP contribution in [0.4, 0.5) is 18.9 Å². The molecular formula is C17H14F3NO4. The van der Waals surface area contributed by atoms with Crippen LogP contribution in [0.1, 0.15) is 33.2 Å². The van der Waals surface area contributed by atoms with Gasteiger partial charge in [-0.05, 0) is 49.4 Å². The molecule has 0 saturated heterocycles. The fraction of sp³-hybridized carbons (Fsp3) is 0.176. The summed E-state index contributed by atoms with van der Waals surface area (Å²) in [5, 5.41) is 12.1. The normalized spacial score (nSPS) is 11.0. The topological polar surface area (TPSA) is 75.6 Å². The maximum Gasteiger partial charge on any atom is 0.416 e. The summed E-state index contributed by atoms with van der Waals surface area (Å²) in [5.74, 6) is -1.73. The van der Waals surface area contributed by atoms with Crippen molar-refractivity contribution in [3.63, 3.8) is 0 Å². The fourth-order valence-electron chi connectivity index (χ4n) is 2.00. The first-order valence-electron chi connectivity index (χ1n) is 7.21. The van der Waals surface area contributed by atoms with E-state index in [1.54, 1.807) is 6.92 Å². The lowest BCUT2D eigenvalue weighted by atomic mass is 10.1. The van der Waals surface area contributed by atoms with Crippen LogP contribution in [0.25, 0.3) is 0 Å². The summed E-state index contributed by atoms with van der Waals surface area (Å²) < 4.78 is 42.3. The van der Waals surface area contributed by atoms with Gasteiger partial charge in [-0.25, -0.2) is 4.79 Å². The summed E-state index contributed by atoms with van der Waals surface area (Å²) in [7, 11) is 0. The molecule has 2 aromatic carbocycles. The largest absolute Gasteiger partial charge is 0.507 e. The summed E-state index contributed by atoms with van der Waals surface area (Å²) in [6, 6.07) is 7.46. The zero-order chi connectivity index (χ0) is 18.6. The number of ether oxygens (including phenoxy) is 1. The first-order chi connectivity index (χ1) is 11.7. The lowest BCUT2D eigenvalue weighted by Crippen LogP contribution is -2.13. The average molecular weight is 353 g/mol. The molecule has 2 N–H and O–H groups in total. The fourth-order valence-corrected chi connectivity index (χ4v) is 2.00. The number of hydrogen-bond acceptors (Lipinski definition) is 4. The Bertz CT molecular complexity index is 785. The van der Waals surface area contributed by atoms with Crippen LogP contribution < -0.4 is 5.32 Å².